The summed E-state index contributed by atoms with van der Waals surface area (Å²) in [7, 11) is 0. The van der Waals surface area contributed by atoms with Crippen LogP contribution in [0.4, 0.5) is 0 Å². The van der Waals surface area contributed by atoms with Crippen molar-refractivity contribution in [2.75, 3.05) is 32.8 Å². The van der Waals surface area contributed by atoms with Crippen LogP contribution in [0.15, 0.2) is 24.3 Å². The monoisotopic (exact) mass is 323 g/mol. The summed E-state index contributed by atoms with van der Waals surface area (Å²) in [6, 6.07) is 5.75. The van der Waals surface area contributed by atoms with Crippen molar-refractivity contribution in [2.45, 2.75) is 13.8 Å². The smallest absolute Gasteiger partial charge is 0.320 e. The lowest BCUT2D eigenvalue weighted by molar-refractivity contribution is -0.147. The average Bonchev–Trinajstić information content (AvgIpc) is 2.48. The molecule has 0 aliphatic heterocycles. The first-order chi connectivity index (χ1) is 11.0. The standard InChI is InChI=1S/C16H21NO6/c1-3-22-15(20)10-17(11-16(21)23-4-2)9-14(19)12-5-7-13(18)8-6-12/h5-8,18H,3-4,9-11H2,1-2H3. The van der Waals surface area contributed by atoms with Gasteiger partial charge in [0.2, 0.25) is 0 Å². The van der Waals surface area contributed by atoms with Gasteiger partial charge in [-0.25, -0.2) is 0 Å². The lowest BCUT2D eigenvalue weighted by atomic mass is 10.1. The Morgan fingerprint density at radius 3 is 1.83 bits per heavy atom. The Bertz CT molecular complexity index is 520. The Morgan fingerprint density at radius 1 is 0.913 bits per heavy atom. The molecule has 0 amide bonds. The van der Waals surface area contributed by atoms with E-state index >= 15 is 0 Å². The Balaban J connectivity index is 2.73. The number of ether oxygens (including phenoxy) is 2. The Labute approximate surface area is 134 Å². The molecule has 0 fully saturated rings. The van der Waals surface area contributed by atoms with E-state index in [9.17, 15) is 19.5 Å². The first-order valence-corrected chi connectivity index (χ1v) is 7.32. The molecule has 0 atom stereocenters. The van der Waals surface area contributed by atoms with Crippen LogP contribution in [0.5, 0.6) is 5.75 Å². The number of nitrogens with zero attached hydrogens (tertiary/aromatic N) is 1. The number of phenolic OH excluding ortho intramolecular Hbond substituents is 1. The van der Waals surface area contributed by atoms with Crippen LogP contribution in [0, 0.1) is 0 Å². The van der Waals surface area contributed by atoms with Crippen LogP contribution in [0.1, 0.15) is 24.2 Å². The molecule has 0 bridgehead atoms. The van der Waals surface area contributed by atoms with Crippen LogP contribution < -0.4 is 0 Å². The average molecular weight is 323 g/mol. The maximum atomic E-state index is 12.2. The van der Waals surface area contributed by atoms with E-state index in [-0.39, 0.29) is 44.4 Å². The van der Waals surface area contributed by atoms with Crippen molar-refractivity contribution in [3.8, 4) is 5.75 Å². The predicted octanol–water partition coefficient (Wildman–Crippen LogP) is 1.00. The molecule has 0 aliphatic rings. The molecule has 0 aliphatic carbocycles. The summed E-state index contributed by atoms with van der Waals surface area (Å²) >= 11 is 0. The van der Waals surface area contributed by atoms with E-state index in [1.807, 2.05) is 0 Å². The van der Waals surface area contributed by atoms with Crippen LogP contribution >= 0.6 is 0 Å². The van der Waals surface area contributed by atoms with Gasteiger partial charge < -0.3 is 14.6 Å². The van der Waals surface area contributed by atoms with Crippen molar-refractivity contribution in [3.63, 3.8) is 0 Å². The third kappa shape index (κ3) is 6.92. The minimum Gasteiger partial charge on any atom is -0.508 e. The first-order valence-electron chi connectivity index (χ1n) is 7.32. The van der Waals surface area contributed by atoms with E-state index in [1.165, 1.54) is 29.2 Å². The summed E-state index contributed by atoms with van der Waals surface area (Å²) in [5, 5.41) is 9.23. The molecule has 23 heavy (non-hydrogen) atoms. The van der Waals surface area contributed by atoms with Gasteiger partial charge in [-0.3, -0.25) is 19.3 Å². The molecule has 7 nitrogen and oxygen atoms in total. The summed E-state index contributed by atoms with van der Waals surface area (Å²) in [5.41, 5.74) is 0.375. The van der Waals surface area contributed by atoms with Gasteiger partial charge in [-0.2, -0.15) is 0 Å². The van der Waals surface area contributed by atoms with Gasteiger partial charge in [0.25, 0.3) is 0 Å². The second-order valence-corrected chi connectivity index (χ2v) is 4.73. The zero-order chi connectivity index (χ0) is 17.2. The number of hydrogen-bond acceptors (Lipinski definition) is 7. The van der Waals surface area contributed by atoms with Gasteiger partial charge in [0, 0.05) is 5.56 Å². The molecule has 0 spiro atoms. The predicted molar refractivity (Wildman–Crippen MR) is 82.1 cm³/mol. The third-order valence-electron chi connectivity index (χ3n) is 2.87. The van der Waals surface area contributed by atoms with E-state index < -0.39 is 11.9 Å². The van der Waals surface area contributed by atoms with Crippen molar-refractivity contribution < 1.29 is 29.0 Å². The lowest BCUT2D eigenvalue weighted by Crippen LogP contribution is -2.39. The molecular weight excluding hydrogens is 302 g/mol. The fraction of sp³-hybridized carbons (Fsp3) is 0.438. The number of carbonyl (C=O) groups excluding carboxylic acids is 3. The molecule has 0 saturated carbocycles. The highest BCUT2D eigenvalue weighted by molar-refractivity contribution is 5.98. The number of Topliss-reactive ketones (excluding diaryl/α,β-unsaturated/α-hetero) is 1. The number of carbonyl (C=O) groups is 3. The highest BCUT2D eigenvalue weighted by atomic mass is 16.5. The molecule has 1 N–H and O–H groups in total. The molecule has 1 rings (SSSR count). The van der Waals surface area contributed by atoms with Crippen molar-refractivity contribution in [1.29, 1.82) is 0 Å². The number of esters is 2. The maximum absolute atomic E-state index is 12.2. The molecule has 126 valence electrons. The number of rotatable bonds is 9. The van der Waals surface area contributed by atoms with Gasteiger partial charge in [-0.15, -0.1) is 0 Å². The van der Waals surface area contributed by atoms with Crippen LogP contribution in [0.25, 0.3) is 0 Å². The van der Waals surface area contributed by atoms with Crippen LogP contribution in [-0.4, -0.2) is 60.6 Å². The van der Waals surface area contributed by atoms with Gasteiger partial charge in [0.05, 0.1) is 32.8 Å². The van der Waals surface area contributed by atoms with Crippen LogP contribution in [0.3, 0.4) is 0 Å². The molecule has 1 aromatic rings. The van der Waals surface area contributed by atoms with Gasteiger partial charge in [-0.1, -0.05) is 0 Å². The fourth-order valence-corrected chi connectivity index (χ4v) is 1.89. The van der Waals surface area contributed by atoms with Gasteiger partial charge in [0.1, 0.15) is 5.75 Å². The third-order valence-corrected chi connectivity index (χ3v) is 2.87. The zero-order valence-electron chi connectivity index (χ0n) is 13.3. The quantitative estimate of drug-likeness (QED) is 0.535. The van der Waals surface area contributed by atoms with E-state index in [2.05, 4.69) is 0 Å². The van der Waals surface area contributed by atoms with Crippen LogP contribution in [-0.2, 0) is 19.1 Å². The van der Waals surface area contributed by atoms with Crippen molar-refractivity contribution >= 4 is 17.7 Å². The fourth-order valence-electron chi connectivity index (χ4n) is 1.89. The minimum atomic E-state index is -0.518. The lowest BCUT2D eigenvalue weighted by Gasteiger charge is -2.19. The second-order valence-electron chi connectivity index (χ2n) is 4.73. The van der Waals surface area contributed by atoms with E-state index in [4.69, 9.17) is 9.47 Å². The van der Waals surface area contributed by atoms with Gasteiger partial charge in [-0.05, 0) is 38.1 Å². The Morgan fingerprint density at radius 2 is 1.39 bits per heavy atom. The summed E-state index contributed by atoms with van der Waals surface area (Å²) < 4.78 is 9.68. The minimum absolute atomic E-state index is 0.0523. The summed E-state index contributed by atoms with van der Waals surface area (Å²) in [4.78, 5) is 36.8. The number of aromatic hydroxyl groups is 1. The molecule has 0 aromatic heterocycles. The Hall–Kier alpha value is -2.41. The Kier molecular flexibility index (Phi) is 7.76. The highest BCUT2D eigenvalue weighted by Gasteiger charge is 2.19. The topological polar surface area (TPSA) is 93.1 Å². The summed E-state index contributed by atoms with van der Waals surface area (Å²) in [6.45, 7) is 3.29. The number of phenols is 1. The normalized spacial score (nSPS) is 10.4. The number of ketones is 1. The second kappa shape index (κ2) is 9.58. The number of hydrogen-bond donors (Lipinski definition) is 1. The van der Waals surface area contributed by atoms with Crippen molar-refractivity contribution in [1.82, 2.24) is 4.90 Å². The number of benzene rings is 1. The highest BCUT2D eigenvalue weighted by Crippen LogP contribution is 2.10. The van der Waals surface area contributed by atoms with Gasteiger partial charge in [0.15, 0.2) is 5.78 Å². The van der Waals surface area contributed by atoms with Crippen LogP contribution in [0.2, 0.25) is 0 Å². The molecule has 0 unspecified atom stereocenters. The maximum Gasteiger partial charge on any atom is 0.320 e. The molecule has 0 radical (unpaired) electrons. The first kappa shape index (κ1) is 18.6. The van der Waals surface area contributed by atoms with Gasteiger partial charge >= 0.3 is 11.9 Å². The summed E-state index contributed by atoms with van der Waals surface area (Å²) in [5.74, 6) is -1.26. The van der Waals surface area contributed by atoms with Crippen molar-refractivity contribution in [3.05, 3.63) is 29.8 Å². The van der Waals surface area contributed by atoms with E-state index in [0.717, 1.165) is 0 Å². The molecule has 7 heteroatoms. The largest absolute Gasteiger partial charge is 0.508 e. The molecule has 0 saturated heterocycles. The SMILES string of the molecule is CCOC(=O)CN(CC(=O)OCC)CC(=O)c1ccc(O)cc1. The zero-order valence-corrected chi connectivity index (χ0v) is 13.3. The molecule has 1 aromatic carbocycles. The molecular formula is C16H21NO6. The van der Waals surface area contributed by atoms with E-state index in [0.29, 0.717) is 5.56 Å². The van der Waals surface area contributed by atoms with E-state index in [1.54, 1.807) is 13.8 Å². The summed E-state index contributed by atoms with van der Waals surface area (Å²) in [6.07, 6.45) is 0. The molecule has 0 heterocycles. The van der Waals surface area contributed by atoms with Crippen molar-refractivity contribution in [2.24, 2.45) is 0 Å².